The number of nitrogens with zero attached hydrogens (tertiary/aromatic N) is 2. The summed E-state index contributed by atoms with van der Waals surface area (Å²) in [5.74, 6) is -0.973. The van der Waals surface area contributed by atoms with Gasteiger partial charge in [0, 0.05) is 11.8 Å². The van der Waals surface area contributed by atoms with Crippen LogP contribution in [0.4, 0.5) is 17.1 Å². The molecule has 0 spiro atoms. The highest BCUT2D eigenvalue weighted by molar-refractivity contribution is 6.31. The standard InChI is InChI=1S/C18H18N4O6/c1-12-3-5-13(6-4-12)20-18(24)11-28-19-10-17(23)21-15-8-7-14(22(25)26)9-16(15)27-2/h3-10H,11H2,1-2H3,(H,20,24)(H,21,23)/b19-10-. The number of aryl methyl sites for hydroxylation is 1. The largest absolute Gasteiger partial charge is 0.494 e. The molecule has 0 aliphatic heterocycles. The number of benzene rings is 2. The van der Waals surface area contributed by atoms with Gasteiger partial charge in [0.05, 0.1) is 23.8 Å². The molecule has 0 aliphatic rings. The number of amides is 2. The van der Waals surface area contributed by atoms with Gasteiger partial charge in [0.25, 0.3) is 17.5 Å². The minimum Gasteiger partial charge on any atom is -0.494 e. The fourth-order valence-electron chi connectivity index (χ4n) is 2.08. The van der Waals surface area contributed by atoms with Gasteiger partial charge in [-0.3, -0.25) is 19.7 Å². The van der Waals surface area contributed by atoms with Crippen molar-refractivity contribution in [3.05, 3.63) is 58.1 Å². The van der Waals surface area contributed by atoms with Crippen LogP contribution in [0.25, 0.3) is 0 Å². The molecule has 0 heterocycles. The molecule has 0 fully saturated rings. The Hall–Kier alpha value is -3.95. The first-order valence-electron chi connectivity index (χ1n) is 8.04. The van der Waals surface area contributed by atoms with Crippen molar-refractivity contribution < 1.29 is 24.1 Å². The van der Waals surface area contributed by atoms with Crippen molar-refractivity contribution in [3.63, 3.8) is 0 Å². The second-order valence-corrected chi connectivity index (χ2v) is 5.55. The number of nitro groups is 1. The van der Waals surface area contributed by atoms with E-state index in [0.717, 1.165) is 11.8 Å². The van der Waals surface area contributed by atoms with Gasteiger partial charge >= 0.3 is 0 Å². The first kappa shape index (κ1) is 20.4. The maximum atomic E-state index is 11.8. The number of nitrogens with one attached hydrogen (secondary N) is 2. The van der Waals surface area contributed by atoms with Gasteiger partial charge in [-0.15, -0.1) is 0 Å². The molecule has 10 heteroatoms. The molecule has 10 nitrogen and oxygen atoms in total. The number of carbonyl (C=O) groups excluding carboxylic acids is 2. The van der Waals surface area contributed by atoms with Crippen LogP contribution >= 0.6 is 0 Å². The van der Waals surface area contributed by atoms with Gasteiger partial charge in [-0.1, -0.05) is 22.9 Å². The molecule has 2 amide bonds. The summed E-state index contributed by atoms with van der Waals surface area (Å²) in [7, 11) is 1.32. The molecule has 0 bridgehead atoms. The van der Waals surface area contributed by atoms with E-state index in [4.69, 9.17) is 9.57 Å². The summed E-state index contributed by atoms with van der Waals surface area (Å²) in [5.41, 5.74) is 1.73. The van der Waals surface area contributed by atoms with Crippen LogP contribution in [0.15, 0.2) is 47.6 Å². The molecule has 0 radical (unpaired) electrons. The van der Waals surface area contributed by atoms with Gasteiger partial charge in [0.1, 0.15) is 12.0 Å². The van der Waals surface area contributed by atoms with Gasteiger partial charge in [0.15, 0.2) is 6.61 Å². The Morgan fingerprint density at radius 3 is 2.54 bits per heavy atom. The fraction of sp³-hybridized carbons (Fsp3) is 0.167. The zero-order valence-corrected chi connectivity index (χ0v) is 15.2. The summed E-state index contributed by atoms with van der Waals surface area (Å²) in [6, 6.07) is 10.9. The summed E-state index contributed by atoms with van der Waals surface area (Å²) in [4.78, 5) is 38.5. The lowest BCUT2D eigenvalue weighted by Gasteiger charge is -2.08. The first-order valence-corrected chi connectivity index (χ1v) is 8.04. The maximum Gasteiger partial charge on any atom is 0.273 e. The van der Waals surface area contributed by atoms with E-state index >= 15 is 0 Å². The highest BCUT2D eigenvalue weighted by atomic mass is 16.6. The molecule has 0 aliphatic carbocycles. The van der Waals surface area contributed by atoms with Crippen LogP contribution in [0, 0.1) is 17.0 Å². The Kier molecular flexibility index (Phi) is 7.03. The molecule has 0 aromatic heterocycles. The smallest absolute Gasteiger partial charge is 0.273 e. The summed E-state index contributed by atoms with van der Waals surface area (Å²) in [6.45, 7) is 1.55. The van der Waals surface area contributed by atoms with E-state index in [1.807, 2.05) is 19.1 Å². The van der Waals surface area contributed by atoms with Crippen molar-refractivity contribution in [3.8, 4) is 5.75 Å². The van der Waals surface area contributed by atoms with Crippen molar-refractivity contribution in [1.29, 1.82) is 0 Å². The molecule has 0 saturated heterocycles. The molecule has 0 saturated carbocycles. The number of ether oxygens (including phenoxy) is 1. The third kappa shape index (κ3) is 6.09. The number of anilines is 2. The summed E-state index contributed by atoms with van der Waals surface area (Å²) in [6.07, 6.45) is 0.833. The van der Waals surface area contributed by atoms with E-state index in [1.54, 1.807) is 12.1 Å². The lowest BCUT2D eigenvalue weighted by atomic mass is 10.2. The molecule has 2 rings (SSSR count). The maximum absolute atomic E-state index is 11.8. The highest BCUT2D eigenvalue weighted by Crippen LogP contribution is 2.28. The lowest BCUT2D eigenvalue weighted by molar-refractivity contribution is -0.384. The number of hydrogen-bond acceptors (Lipinski definition) is 7. The minimum atomic E-state index is -0.661. The number of rotatable bonds is 8. The van der Waals surface area contributed by atoms with Gasteiger partial charge in [-0.05, 0) is 25.1 Å². The fourth-order valence-corrected chi connectivity index (χ4v) is 2.08. The second-order valence-electron chi connectivity index (χ2n) is 5.55. The average molecular weight is 386 g/mol. The van der Waals surface area contributed by atoms with Gasteiger partial charge in [0.2, 0.25) is 0 Å². The van der Waals surface area contributed by atoms with Crippen LogP contribution in [0.2, 0.25) is 0 Å². The van der Waals surface area contributed by atoms with Crippen LogP contribution in [-0.4, -0.2) is 36.7 Å². The zero-order valence-electron chi connectivity index (χ0n) is 15.2. The Balaban J connectivity index is 1.82. The lowest BCUT2D eigenvalue weighted by Crippen LogP contribution is -2.18. The van der Waals surface area contributed by atoms with E-state index in [0.29, 0.717) is 5.69 Å². The topological polar surface area (TPSA) is 132 Å². The van der Waals surface area contributed by atoms with Crippen molar-refractivity contribution in [2.75, 3.05) is 24.4 Å². The SMILES string of the molecule is COc1cc([N+](=O)[O-])ccc1NC(=O)/C=N\OCC(=O)Nc1ccc(C)cc1. The van der Waals surface area contributed by atoms with Crippen LogP contribution in [0.1, 0.15) is 5.56 Å². The zero-order chi connectivity index (χ0) is 20.5. The molecule has 2 N–H and O–H groups in total. The molecule has 28 heavy (non-hydrogen) atoms. The van der Waals surface area contributed by atoms with Crippen molar-refractivity contribution >= 4 is 35.1 Å². The third-order valence-electron chi connectivity index (χ3n) is 3.43. The normalized spacial score (nSPS) is 10.4. The highest BCUT2D eigenvalue weighted by Gasteiger charge is 2.12. The number of carbonyl (C=O) groups is 2. The first-order chi connectivity index (χ1) is 13.4. The number of hydrogen-bond donors (Lipinski definition) is 2. The number of oxime groups is 1. The predicted molar refractivity (Wildman–Crippen MR) is 103 cm³/mol. The molecule has 146 valence electrons. The summed E-state index contributed by atoms with van der Waals surface area (Å²) >= 11 is 0. The van der Waals surface area contributed by atoms with Gasteiger partial charge in [-0.25, -0.2) is 0 Å². The predicted octanol–water partition coefficient (Wildman–Crippen LogP) is 2.49. The molecule has 0 unspecified atom stereocenters. The van der Waals surface area contributed by atoms with Crippen LogP contribution in [-0.2, 0) is 14.4 Å². The molecular weight excluding hydrogens is 368 g/mol. The molecule has 0 atom stereocenters. The van der Waals surface area contributed by atoms with E-state index in [1.165, 1.54) is 25.3 Å². The average Bonchev–Trinajstić information content (AvgIpc) is 2.67. The summed E-state index contributed by atoms with van der Waals surface area (Å²) < 4.78 is 5.01. The quantitative estimate of drug-likeness (QED) is 0.407. The van der Waals surface area contributed by atoms with Crippen LogP contribution in [0.5, 0.6) is 5.75 Å². The number of non-ortho nitro benzene ring substituents is 1. The van der Waals surface area contributed by atoms with E-state index < -0.39 is 16.7 Å². The Morgan fingerprint density at radius 1 is 1.18 bits per heavy atom. The minimum absolute atomic E-state index is 0.120. The van der Waals surface area contributed by atoms with E-state index in [-0.39, 0.29) is 23.7 Å². The van der Waals surface area contributed by atoms with Crippen LogP contribution in [0.3, 0.4) is 0 Å². The molecule has 2 aromatic carbocycles. The summed E-state index contributed by atoms with van der Waals surface area (Å²) in [5, 5.41) is 19.2. The van der Waals surface area contributed by atoms with Crippen molar-refractivity contribution in [1.82, 2.24) is 0 Å². The molecule has 2 aromatic rings. The third-order valence-corrected chi connectivity index (χ3v) is 3.43. The second kappa shape index (κ2) is 9.67. The van der Waals surface area contributed by atoms with Crippen LogP contribution < -0.4 is 15.4 Å². The van der Waals surface area contributed by atoms with Gasteiger partial charge < -0.3 is 20.2 Å². The van der Waals surface area contributed by atoms with Crippen molar-refractivity contribution in [2.45, 2.75) is 6.92 Å². The Labute approximate surface area is 160 Å². The Morgan fingerprint density at radius 2 is 1.89 bits per heavy atom. The number of nitro benzene ring substituents is 1. The van der Waals surface area contributed by atoms with Gasteiger partial charge in [-0.2, -0.15) is 0 Å². The number of methoxy groups -OCH3 is 1. The molecular formula is C18H18N4O6. The van der Waals surface area contributed by atoms with E-state index in [2.05, 4.69) is 15.8 Å². The monoisotopic (exact) mass is 386 g/mol. The van der Waals surface area contributed by atoms with Crippen molar-refractivity contribution in [2.24, 2.45) is 5.16 Å². The van der Waals surface area contributed by atoms with E-state index in [9.17, 15) is 19.7 Å². The Bertz CT molecular complexity index is 895.